The van der Waals surface area contributed by atoms with Crippen molar-refractivity contribution in [2.75, 3.05) is 30.8 Å². The minimum atomic E-state index is -0.140. The molecule has 0 atom stereocenters. The Labute approximate surface area is 165 Å². The first-order valence-electron chi connectivity index (χ1n) is 9.12. The molecule has 0 heterocycles. The summed E-state index contributed by atoms with van der Waals surface area (Å²) in [5, 5.41) is 8.13. The molecule has 0 aliphatic heterocycles. The van der Waals surface area contributed by atoms with E-state index in [1.807, 2.05) is 24.0 Å². The number of hydrogen-bond acceptors (Lipinski definition) is 4. The minimum Gasteiger partial charge on any atom is -0.355 e. The molecule has 7 heteroatoms. The highest BCUT2D eigenvalue weighted by Crippen LogP contribution is 2.14. The predicted octanol–water partition coefficient (Wildman–Crippen LogP) is 2.47. The van der Waals surface area contributed by atoms with Crippen LogP contribution in [0.3, 0.4) is 0 Å². The molecule has 0 aliphatic carbocycles. The molecule has 0 saturated carbocycles. The highest BCUT2D eigenvalue weighted by Gasteiger charge is 2.11. The first-order valence-corrected chi connectivity index (χ1v) is 9.12. The molecule has 7 nitrogen and oxygen atoms in total. The van der Waals surface area contributed by atoms with Crippen LogP contribution in [0, 0.1) is 0 Å². The van der Waals surface area contributed by atoms with Crippen molar-refractivity contribution in [3.05, 3.63) is 59.7 Å². The molecular formula is C21H26N4O3. The van der Waals surface area contributed by atoms with E-state index in [0.717, 1.165) is 5.56 Å². The first-order chi connectivity index (χ1) is 13.4. The van der Waals surface area contributed by atoms with Gasteiger partial charge in [0.25, 0.3) is 5.91 Å². The molecule has 2 aromatic rings. The van der Waals surface area contributed by atoms with Gasteiger partial charge in [0, 0.05) is 37.5 Å². The first kappa shape index (κ1) is 21.1. The van der Waals surface area contributed by atoms with Crippen molar-refractivity contribution in [2.24, 2.45) is 0 Å². The average molecular weight is 382 g/mol. The van der Waals surface area contributed by atoms with E-state index in [4.69, 9.17) is 0 Å². The van der Waals surface area contributed by atoms with Crippen molar-refractivity contribution in [1.82, 2.24) is 10.2 Å². The molecule has 3 N–H and O–H groups in total. The Kier molecular flexibility index (Phi) is 7.71. The third-order valence-electron chi connectivity index (χ3n) is 4.15. The van der Waals surface area contributed by atoms with E-state index in [2.05, 4.69) is 16.0 Å². The predicted molar refractivity (Wildman–Crippen MR) is 110 cm³/mol. The number of rotatable bonds is 8. The Morgan fingerprint density at radius 3 is 1.96 bits per heavy atom. The van der Waals surface area contributed by atoms with Crippen LogP contribution in [0.15, 0.2) is 48.5 Å². The van der Waals surface area contributed by atoms with Crippen LogP contribution in [0.25, 0.3) is 0 Å². The molecule has 2 aromatic carbocycles. The van der Waals surface area contributed by atoms with Gasteiger partial charge in [0.2, 0.25) is 11.8 Å². The van der Waals surface area contributed by atoms with Crippen molar-refractivity contribution < 1.29 is 14.4 Å². The lowest BCUT2D eigenvalue weighted by Gasteiger charge is -2.20. The van der Waals surface area contributed by atoms with Gasteiger partial charge in [0.1, 0.15) is 0 Å². The van der Waals surface area contributed by atoms with Crippen molar-refractivity contribution in [3.8, 4) is 0 Å². The summed E-state index contributed by atoms with van der Waals surface area (Å²) >= 11 is 0. The van der Waals surface area contributed by atoms with E-state index in [1.165, 1.54) is 6.92 Å². The summed E-state index contributed by atoms with van der Waals surface area (Å²) < 4.78 is 0. The number of hydrogen-bond donors (Lipinski definition) is 3. The van der Waals surface area contributed by atoms with E-state index >= 15 is 0 Å². The van der Waals surface area contributed by atoms with Crippen molar-refractivity contribution in [2.45, 2.75) is 20.4 Å². The highest BCUT2D eigenvalue weighted by atomic mass is 16.2. The quantitative estimate of drug-likeness (QED) is 0.654. The average Bonchev–Trinajstić information content (AvgIpc) is 2.68. The third-order valence-corrected chi connectivity index (χ3v) is 4.15. The molecule has 0 unspecified atom stereocenters. The number of carbonyl (C=O) groups is 3. The Morgan fingerprint density at radius 2 is 1.46 bits per heavy atom. The van der Waals surface area contributed by atoms with Gasteiger partial charge in [-0.2, -0.15) is 0 Å². The molecule has 2 rings (SSSR count). The standard InChI is InChI=1S/C21H26N4O3/c1-4-25(13-16-5-7-17(8-6-16)21(28)22-3)14-20(27)24-19-11-9-18(10-12-19)23-15(2)26/h5-12H,4,13-14H2,1-3H3,(H,22,28)(H,23,26)(H,24,27). The second-order valence-corrected chi connectivity index (χ2v) is 6.39. The molecule has 148 valence electrons. The van der Waals surface area contributed by atoms with E-state index in [-0.39, 0.29) is 24.3 Å². The number of amides is 3. The molecule has 0 saturated heterocycles. The van der Waals surface area contributed by atoms with Gasteiger partial charge < -0.3 is 16.0 Å². The monoisotopic (exact) mass is 382 g/mol. The number of anilines is 2. The third kappa shape index (κ3) is 6.51. The number of nitrogens with zero attached hydrogens (tertiary/aromatic N) is 1. The van der Waals surface area contributed by atoms with Crippen LogP contribution in [0.5, 0.6) is 0 Å². The Hall–Kier alpha value is -3.19. The fraction of sp³-hybridized carbons (Fsp3) is 0.286. The Bertz CT molecular complexity index is 817. The maximum Gasteiger partial charge on any atom is 0.251 e. The summed E-state index contributed by atoms with van der Waals surface area (Å²) in [6.07, 6.45) is 0. The lowest BCUT2D eigenvalue weighted by atomic mass is 10.1. The zero-order valence-electron chi connectivity index (χ0n) is 16.4. The van der Waals surface area contributed by atoms with Gasteiger partial charge in [0.05, 0.1) is 6.54 Å². The normalized spacial score (nSPS) is 10.4. The van der Waals surface area contributed by atoms with Crippen LogP contribution < -0.4 is 16.0 Å². The fourth-order valence-electron chi connectivity index (χ4n) is 2.69. The maximum atomic E-state index is 12.3. The summed E-state index contributed by atoms with van der Waals surface area (Å²) in [5.74, 6) is -0.377. The topological polar surface area (TPSA) is 90.5 Å². The number of likely N-dealkylation sites (N-methyl/N-ethyl adjacent to an activating group) is 1. The van der Waals surface area contributed by atoms with Gasteiger partial charge in [-0.15, -0.1) is 0 Å². The van der Waals surface area contributed by atoms with Crippen LogP contribution in [-0.4, -0.2) is 42.8 Å². The second-order valence-electron chi connectivity index (χ2n) is 6.39. The highest BCUT2D eigenvalue weighted by molar-refractivity contribution is 5.94. The van der Waals surface area contributed by atoms with Gasteiger partial charge >= 0.3 is 0 Å². The molecule has 0 spiro atoms. The molecular weight excluding hydrogens is 356 g/mol. The molecule has 0 aromatic heterocycles. The molecule has 0 radical (unpaired) electrons. The Balaban J connectivity index is 1.90. The summed E-state index contributed by atoms with van der Waals surface area (Å²) in [5.41, 5.74) is 2.99. The van der Waals surface area contributed by atoms with Crippen LogP contribution in [-0.2, 0) is 16.1 Å². The summed E-state index contributed by atoms with van der Waals surface area (Å²) in [6, 6.07) is 14.3. The molecule has 28 heavy (non-hydrogen) atoms. The maximum absolute atomic E-state index is 12.3. The lowest BCUT2D eigenvalue weighted by molar-refractivity contribution is -0.117. The fourth-order valence-corrected chi connectivity index (χ4v) is 2.69. The van der Waals surface area contributed by atoms with E-state index < -0.39 is 0 Å². The number of nitrogens with one attached hydrogen (secondary N) is 3. The summed E-state index contributed by atoms with van der Waals surface area (Å²) in [6.45, 7) is 5.02. The Morgan fingerprint density at radius 1 is 0.893 bits per heavy atom. The van der Waals surface area contributed by atoms with E-state index in [0.29, 0.717) is 30.0 Å². The van der Waals surface area contributed by atoms with Crippen LogP contribution in [0.2, 0.25) is 0 Å². The van der Waals surface area contributed by atoms with Gasteiger partial charge in [-0.3, -0.25) is 19.3 Å². The number of carbonyl (C=O) groups excluding carboxylic acids is 3. The SMILES string of the molecule is CCN(CC(=O)Nc1ccc(NC(C)=O)cc1)Cc1ccc(C(=O)NC)cc1. The van der Waals surface area contributed by atoms with Crippen molar-refractivity contribution in [1.29, 1.82) is 0 Å². The minimum absolute atomic E-state index is 0.115. The van der Waals surface area contributed by atoms with Gasteiger partial charge in [-0.1, -0.05) is 19.1 Å². The van der Waals surface area contributed by atoms with Gasteiger partial charge in [0.15, 0.2) is 0 Å². The molecule has 0 fully saturated rings. The second kappa shape index (κ2) is 10.2. The van der Waals surface area contributed by atoms with Crippen LogP contribution in [0.1, 0.15) is 29.8 Å². The summed E-state index contributed by atoms with van der Waals surface area (Å²) in [7, 11) is 1.60. The van der Waals surface area contributed by atoms with Gasteiger partial charge in [-0.05, 0) is 48.5 Å². The van der Waals surface area contributed by atoms with E-state index in [9.17, 15) is 14.4 Å². The zero-order valence-corrected chi connectivity index (χ0v) is 16.4. The molecule has 0 bridgehead atoms. The molecule has 3 amide bonds. The van der Waals surface area contributed by atoms with Crippen LogP contribution >= 0.6 is 0 Å². The summed E-state index contributed by atoms with van der Waals surface area (Å²) in [4.78, 5) is 37.0. The van der Waals surface area contributed by atoms with Gasteiger partial charge in [-0.25, -0.2) is 0 Å². The largest absolute Gasteiger partial charge is 0.355 e. The zero-order chi connectivity index (χ0) is 20.5. The smallest absolute Gasteiger partial charge is 0.251 e. The van der Waals surface area contributed by atoms with E-state index in [1.54, 1.807) is 43.4 Å². The number of benzene rings is 2. The van der Waals surface area contributed by atoms with Crippen molar-refractivity contribution in [3.63, 3.8) is 0 Å². The van der Waals surface area contributed by atoms with Crippen molar-refractivity contribution >= 4 is 29.1 Å². The lowest BCUT2D eigenvalue weighted by Crippen LogP contribution is -2.32. The molecule has 0 aliphatic rings. The van der Waals surface area contributed by atoms with Crippen LogP contribution in [0.4, 0.5) is 11.4 Å².